The first kappa shape index (κ1) is 19.9. The lowest BCUT2D eigenvalue weighted by atomic mass is 10.2. The Morgan fingerprint density at radius 2 is 1.61 bits per heavy atom. The average molecular weight is 464 g/mol. The maximum absolute atomic E-state index is 5.81. The highest BCUT2D eigenvalue weighted by atomic mass is 79.9. The van der Waals surface area contributed by atoms with Crippen LogP contribution in [-0.4, -0.2) is 67.1 Å². The van der Waals surface area contributed by atoms with E-state index < -0.39 is 0 Å². The molecule has 1 aromatic heterocycles. The minimum absolute atomic E-state index is 0.745. The minimum Gasteiger partial charge on any atom is -0.378 e. The van der Waals surface area contributed by atoms with Gasteiger partial charge in [0.15, 0.2) is 0 Å². The van der Waals surface area contributed by atoms with Crippen LogP contribution < -0.4 is 4.90 Å². The van der Waals surface area contributed by atoms with Crippen molar-refractivity contribution in [2.24, 2.45) is 0 Å². The molecule has 2 aliphatic rings. The second-order valence-corrected chi connectivity index (χ2v) is 8.50. The van der Waals surface area contributed by atoms with Gasteiger partial charge in [-0.1, -0.05) is 12.2 Å². The van der Waals surface area contributed by atoms with Crippen LogP contribution in [0.15, 0.2) is 28.7 Å². The first-order chi connectivity index (χ1) is 13.6. The standard InChI is InChI=1S/C21H26BrN3O2S/c1-15-13-18(21(28)24-7-11-27-12-8-24)16(2)25(15)17-3-4-20(19(22)14-17)23-5-9-26-10-6-23/h3-4,13-14H,5-12H2,1-2H3. The molecule has 0 N–H and O–H groups in total. The van der Waals surface area contributed by atoms with Crippen molar-refractivity contribution < 1.29 is 9.47 Å². The molecule has 0 amide bonds. The van der Waals surface area contributed by atoms with E-state index in [1.54, 1.807) is 0 Å². The predicted molar refractivity (Wildman–Crippen MR) is 120 cm³/mol. The summed E-state index contributed by atoms with van der Waals surface area (Å²) in [6, 6.07) is 8.80. The molecule has 7 heteroatoms. The molecule has 150 valence electrons. The minimum atomic E-state index is 0.745. The van der Waals surface area contributed by atoms with Crippen LogP contribution in [-0.2, 0) is 9.47 Å². The third-order valence-electron chi connectivity index (χ3n) is 5.50. The molecule has 2 aromatic rings. The zero-order chi connectivity index (χ0) is 19.7. The third kappa shape index (κ3) is 3.85. The summed E-state index contributed by atoms with van der Waals surface area (Å²) in [4.78, 5) is 5.54. The van der Waals surface area contributed by atoms with Crippen molar-refractivity contribution in [2.45, 2.75) is 13.8 Å². The lowest BCUT2D eigenvalue weighted by molar-refractivity contribution is 0.0692. The molecule has 1 aromatic carbocycles. The summed E-state index contributed by atoms with van der Waals surface area (Å²) in [6.07, 6.45) is 0. The van der Waals surface area contributed by atoms with Crippen LogP contribution in [0.4, 0.5) is 5.69 Å². The van der Waals surface area contributed by atoms with Crippen LogP contribution in [0.3, 0.4) is 0 Å². The number of anilines is 1. The maximum atomic E-state index is 5.81. The number of halogens is 1. The van der Waals surface area contributed by atoms with Crippen LogP contribution in [0.1, 0.15) is 17.0 Å². The fourth-order valence-corrected chi connectivity index (χ4v) is 5.02. The van der Waals surface area contributed by atoms with Gasteiger partial charge in [-0.25, -0.2) is 0 Å². The summed E-state index contributed by atoms with van der Waals surface area (Å²) in [6.45, 7) is 10.9. The number of rotatable bonds is 3. The van der Waals surface area contributed by atoms with Gasteiger partial charge >= 0.3 is 0 Å². The molecule has 0 radical (unpaired) electrons. The number of ether oxygens (including phenoxy) is 2. The number of hydrogen-bond acceptors (Lipinski definition) is 4. The molecule has 2 fully saturated rings. The Balaban J connectivity index is 1.63. The molecular weight excluding hydrogens is 438 g/mol. The first-order valence-corrected chi connectivity index (χ1v) is 10.9. The quantitative estimate of drug-likeness (QED) is 0.647. The number of hydrogen-bond donors (Lipinski definition) is 0. The van der Waals surface area contributed by atoms with Crippen molar-refractivity contribution in [1.82, 2.24) is 9.47 Å². The number of aromatic nitrogens is 1. The normalized spacial score (nSPS) is 17.8. The van der Waals surface area contributed by atoms with E-state index in [1.165, 1.54) is 17.1 Å². The van der Waals surface area contributed by atoms with E-state index >= 15 is 0 Å². The number of aryl methyl sites for hydroxylation is 1. The fraction of sp³-hybridized carbons (Fsp3) is 0.476. The highest BCUT2D eigenvalue weighted by Gasteiger charge is 2.21. The van der Waals surface area contributed by atoms with E-state index in [0.717, 1.165) is 73.3 Å². The first-order valence-electron chi connectivity index (χ1n) is 9.75. The van der Waals surface area contributed by atoms with Crippen molar-refractivity contribution in [3.8, 4) is 5.69 Å². The Labute approximate surface area is 180 Å². The smallest absolute Gasteiger partial charge is 0.111 e. The monoisotopic (exact) mass is 463 g/mol. The second-order valence-electron chi connectivity index (χ2n) is 7.26. The molecule has 3 heterocycles. The van der Waals surface area contributed by atoms with Crippen molar-refractivity contribution >= 4 is 38.8 Å². The zero-order valence-electron chi connectivity index (χ0n) is 16.4. The van der Waals surface area contributed by atoms with Gasteiger partial charge in [-0.3, -0.25) is 0 Å². The van der Waals surface area contributed by atoms with Crippen LogP contribution in [0.2, 0.25) is 0 Å². The summed E-state index contributed by atoms with van der Waals surface area (Å²) in [5, 5.41) is 0. The molecule has 0 spiro atoms. The van der Waals surface area contributed by atoms with E-state index in [1.807, 2.05) is 0 Å². The average Bonchev–Trinajstić information content (AvgIpc) is 3.02. The Bertz CT molecular complexity index is 871. The molecule has 0 atom stereocenters. The van der Waals surface area contributed by atoms with Gasteiger partial charge in [-0.15, -0.1) is 0 Å². The Morgan fingerprint density at radius 1 is 0.964 bits per heavy atom. The summed E-state index contributed by atoms with van der Waals surface area (Å²) in [5.41, 5.74) is 5.88. The fourth-order valence-electron chi connectivity index (χ4n) is 4.01. The number of nitrogens with zero attached hydrogens (tertiary/aromatic N) is 3. The van der Waals surface area contributed by atoms with E-state index in [0.29, 0.717) is 0 Å². The summed E-state index contributed by atoms with van der Waals surface area (Å²) in [7, 11) is 0. The van der Waals surface area contributed by atoms with Crippen molar-refractivity contribution in [3.63, 3.8) is 0 Å². The van der Waals surface area contributed by atoms with Crippen LogP contribution >= 0.6 is 28.1 Å². The molecule has 4 rings (SSSR count). The van der Waals surface area contributed by atoms with Gasteiger partial charge in [-0.2, -0.15) is 0 Å². The summed E-state index contributed by atoms with van der Waals surface area (Å²) >= 11 is 9.60. The van der Waals surface area contributed by atoms with Gasteiger partial charge in [0.2, 0.25) is 0 Å². The lowest BCUT2D eigenvalue weighted by Crippen LogP contribution is -2.40. The Hall–Kier alpha value is -1.41. The summed E-state index contributed by atoms with van der Waals surface area (Å²) < 4.78 is 14.3. The lowest BCUT2D eigenvalue weighted by Gasteiger charge is -2.30. The van der Waals surface area contributed by atoms with Gasteiger partial charge in [0.1, 0.15) is 4.99 Å². The zero-order valence-corrected chi connectivity index (χ0v) is 18.8. The molecule has 2 saturated heterocycles. The van der Waals surface area contributed by atoms with E-state index in [-0.39, 0.29) is 0 Å². The molecule has 0 saturated carbocycles. The summed E-state index contributed by atoms with van der Waals surface area (Å²) in [5.74, 6) is 0. The molecule has 28 heavy (non-hydrogen) atoms. The Kier molecular flexibility index (Phi) is 6.06. The molecule has 5 nitrogen and oxygen atoms in total. The highest BCUT2D eigenvalue weighted by molar-refractivity contribution is 9.10. The molecular formula is C21H26BrN3O2S. The van der Waals surface area contributed by atoms with Gasteiger partial charge in [-0.05, 0) is 54.0 Å². The molecule has 0 aliphatic carbocycles. The van der Waals surface area contributed by atoms with E-state index in [2.05, 4.69) is 68.4 Å². The number of benzene rings is 1. The van der Waals surface area contributed by atoms with Crippen LogP contribution in [0.25, 0.3) is 5.69 Å². The van der Waals surface area contributed by atoms with Gasteiger partial charge < -0.3 is 23.8 Å². The molecule has 0 unspecified atom stereocenters. The second kappa shape index (κ2) is 8.53. The van der Waals surface area contributed by atoms with E-state index in [9.17, 15) is 0 Å². The van der Waals surface area contributed by atoms with E-state index in [4.69, 9.17) is 21.7 Å². The number of morpholine rings is 2. The maximum Gasteiger partial charge on any atom is 0.111 e. The van der Waals surface area contributed by atoms with Crippen LogP contribution in [0.5, 0.6) is 0 Å². The van der Waals surface area contributed by atoms with Crippen LogP contribution in [0, 0.1) is 13.8 Å². The van der Waals surface area contributed by atoms with Crippen molar-refractivity contribution in [3.05, 3.63) is 45.7 Å². The SMILES string of the molecule is Cc1cc(C(=S)N2CCOCC2)c(C)n1-c1ccc(N2CCOCC2)c(Br)c1. The number of thiocarbonyl (C=S) groups is 1. The molecule has 2 aliphatic heterocycles. The van der Waals surface area contributed by atoms with Gasteiger partial charge in [0.25, 0.3) is 0 Å². The van der Waals surface area contributed by atoms with Crippen molar-refractivity contribution in [2.75, 3.05) is 57.5 Å². The topological polar surface area (TPSA) is 29.9 Å². The van der Waals surface area contributed by atoms with Gasteiger partial charge in [0.05, 0.1) is 32.1 Å². The Morgan fingerprint density at radius 3 is 2.25 bits per heavy atom. The third-order valence-corrected chi connectivity index (χ3v) is 6.61. The largest absolute Gasteiger partial charge is 0.378 e. The molecule has 0 bridgehead atoms. The van der Waals surface area contributed by atoms with Gasteiger partial charge in [0, 0.05) is 53.3 Å². The predicted octanol–water partition coefficient (Wildman–Crippen LogP) is 3.70. The highest BCUT2D eigenvalue weighted by Crippen LogP contribution is 2.31. The van der Waals surface area contributed by atoms with Crippen molar-refractivity contribution in [1.29, 1.82) is 0 Å².